The summed E-state index contributed by atoms with van der Waals surface area (Å²) in [5, 5.41) is 16.5. The van der Waals surface area contributed by atoms with Gasteiger partial charge >= 0.3 is 5.97 Å². The van der Waals surface area contributed by atoms with Crippen molar-refractivity contribution in [3.63, 3.8) is 0 Å². The number of carbonyl (C=O) groups is 1. The molecule has 1 unspecified atom stereocenters. The van der Waals surface area contributed by atoms with E-state index in [9.17, 15) is 4.79 Å². The summed E-state index contributed by atoms with van der Waals surface area (Å²) in [5.74, 6) is 0.757. The minimum Gasteiger partial charge on any atom is -0.480 e. The van der Waals surface area contributed by atoms with Crippen molar-refractivity contribution in [1.29, 1.82) is 0 Å². The molecule has 0 bridgehead atoms. The third-order valence-corrected chi connectivity index (χ3v) is 3.86. The van der Waals surface area contributed by atoms with E-state index in [4.69, 9.17) is 9.52 Å². The van der Waals surface area contributed by atoms with Gasteiger partial charge in [0, 0.05) is 5.41 Å². The van der Waals surface area contributed by atoms with E-state index in [2.05, 4.69) is 10.2 Å². The lowest BCUT2D eigenvalue weighted by Gasteiger charge is -2.14. The molecule has 0 aromatic carbocycles. The van der Waals surface area contributed by atoms with Gasteiger partial charge in [0.05, 0.1) is 5.75 Å². The van der Waals surface area contributed by atoms with Gasteiger partial charge in [0.1, 0.15) is 5.25 Å². The molecule has 0 aliphatic heterocycles. The van der Waals surface area contributed by atoms with Crippen LogP contribution in [-0.4, -0.2) is 26.5 Å². The predicted molar refractivity (Wildman–Crippen MR) is 70.6 cm³/mol. The van der Waals surface area contributed by atoms with Gasteiger partial charge in [0.2, 0.25) is 11.8 Å². The van der Waals surface area contributed by atoms with Gasteiger partial charge in [-0.05, 0) is 5.92 Å². The topological polar surface area (TPSA) is 76.2 Å². The summed E-state index contributed by atoms with van der Waals surface area (Å²) in [6.45, 7) is 9.75. The van der Waals surface area contributed by atoms with E-state index in [1.807, 2.05) is 34.6 Å². The maximum absolute atomic E-state index is 11.0. The van der Waals surface area contributed by atoms with E-state index in [1.54, 1.807) is 0 Å². The van der Waals surface area contributed by atoms with Gasteiger partial charge in [-0.1, -0.05) is 34.6 Å². The maximum atomic E-state index is 11.0. The lowest BCUT2D eigenvalue weighted by Crippen LogP contribution is -2.22. The molecule has 5 nitrogen and oxygen atoms in total. The van der Waals surface area contributed by atoms with Crippen LogP contribution in [0.5, 0.6) is 0 Å². The molecule has 1 atom stereocenters. The smallest absolute Gasteiger partial charge is 0.316 e. The third kappa shape index (κ3) is 4.01. The van der Waals surface area contributed by atoms with Crippen molar-refractivity contribution in [3.05, 3.63) is 11.8 Å². The zero-order chi connectivity index (χ0) is 13.9. The zero-order valence-electron chi connectivity index (χ0n) is 11.4. The van der Waals surface area contributed by atoms with Crippen LogP contribution in [0.1, 0.15) is 46.4 Å². The lowest BCUT2D eigenvalue weighted by atomic mass is 9.97. The highest BCUT2D eigenvalue weighted by atomic mass is 32.2. The SMILES string of the molecule is CC(C)C(SCc1nnc(C(C)(C)C)o1)C(=O)O. The quantitative estimate of drug-likeness (QED) is 0.888. The van der Waals surface area contributed by atoms with Crippen molar-refractivity contribution < 1.29 is 14.3 Å². The van der Waals surface area contributed by atoms with Gasteiger partial charge in [0.25, 0.3) is 0 Å². The van der Waals surface area contributed by atoms with Gasteiger partial charge in [0.15, 0.2) is 0 Å². The lowest BCUT2D eigenvalue weighted by molar-refractivity contribution is -0.137. The zero-order valence-corrected chi connectivity index (χ0v) is 12.2. The molecule has 0 spiro atoms. The van der Waals surface area contributed by atoms with Crippen LogP contribution in [0.2, 0.25) is 0 Å². The average Bonchev–Trinajstić information content (AvgIpc) is 2.64. The maximum Gasteiger partial charge on any atom is 0.316 e. The summed E-state index contributed by atoms with van der Waals surface area (Å²) in [5.41, 5.74) is -0.180. The molecule has 0 aliphatic carbocycles. The van der Waals surface area contributed by atoms with Gasteiger partial charge in [-0.3, -0.25) is 4.79 Å². The van der Waals surface area contributed by atoms with Crippen LogP contribution < -0.4 is 0 Å². The Hall–Kier alpha value is -1.04. The van der Waals surface area contributed by atoms with Crippen LogP contribution in [0.15, 0.2) is 4.42 Å². The first-order chi connectivity index (χ1) is 8.21. The van der Waals surface area contributed by atoms with Gasteiger partial charge in [-0.25, -0.2) is 0 Å². The fraction of sp³-hybridized carbons (Fsp3) is 0.750. The van der Waals surface area contributed by atoms with Crippen molar-refractivity contribution in [3.8, 4) is 0 Å². The molecular formula is C12H20N2O3S. The molecule has 0 radical (unpaired) electrons. The van der Waals surface area contributed by atoms with Crippen LogP contribution in [0.3, 0.4) is 0 Å². The molecule has 102 valence electrons. The first-order valence-corrected chi connectivity index (χ1v) is 6.94. The second-order valence-electron chi connectivity index (χ2n) is 5.56. The average molecular weight is 272 g/mol. The molecular weight excluding hydrogens is 252 g/mol. The number of hydrogen-bond acceptors (Lipinski definition) is 5. The molecule has 0 saturated heterocycles. The third-order valence-electron chi connectivity index (χ3n) is 2.34. The minimum atomic E-state index is -0.800. The van der Waals surface area contributed by atoms with E-state index in [-0.39, 0.29) is 11.3 Å². The van der Waals surface area contributed by atoms with Crippen molar-refractivity contribution in [2.75, 3.05) is 0 Å². The first-order valence-electron chi connectivity index (χ1n) is 5.89. The fourth-order valence-electron chi connectivity index (χ4n) is 1.32. The number of aromatic nitrogens is 2. The molecule has 1 rings (SSSR count). The standard InChI is InChI=1S/C12H20N2O3S/c1-7(2)9(10(15)16)18-6-8-13-14-11(17-8)12(3,4)5/h7,9H,6H2,1-5H3,(H,15,16). The summed E-state index contributed by atoms with van der Waals surface area (Å²) in [6.07, 6.45) is 0. The van der Waals surface area contributed by atoms with Crippen molar-refractivity contribution in [1.82, 2.24) is 10.2 Å². The van der Waals surface area contributed by atoms with Crippen molar-refractivity contribution >= 4 is 17.7 Å². The summed E-state index contributed by atoms with van der Waals surface area (Å²) >= 11 is 1.32. The molecule has 1 aromatic rings. The molecule has 6 heteroatoms. The van der Waals surface area contributed by atoms with Crippen LogP contribution in [0.4, 0.5) is 0 Å². The Labute approximate surface area is 111 Å². The Morgan fingerprint density at radius 1 is 1.39 bits per heavy atom. The predicted octanol–water partition coefficient (Wildman–Crippen LogP) is 2.71. The van der Waals surface area contributed by atoms with Gasteiger partial charge in [-0.15, -0.1) is 22.0 Å². The Morgan fingerprint density at radius 3 is 2.39 bits per heavy atom. The first kappa shape index (κ1) is 15.0. The highest BCUT2D eigenvalue weighted by Crippen LogP contribution is 2.26. The number of thioether (sulfide) groups is 1. The Kier molecular flexibility index (Phi) is 4.78. The molecule has 1 aromatic heterocycles. The summed E-state index contributed by atoms with van der Waals surface area (Å²) < 4.78 is 5.52. The van der Waals surface area contributed by atoms with E-state index >= 15 is 0 Å². The van der Waals surface area contributed by atoms with Crippen LogP contribution in [-0.2, 0) is 16.0 Å². The number of carboxylic acids is 1. The van der Waals surface area contributed by atoms with Crippen molar-refractivity contribution in [2.45, 2.75) is 51.0 Å². The van der Waals surface area contributed by atoms with Crippen LogP contribution in [0, 0.1) is 5.92 Å². The molecule has 0 fully saturated rings. The second kappa shape index (κ2) is 5.73. The number of nitrogens with zero attached hydrogens (tertiary/aromatic N) is 2. The number of rotatable bonds is 5. The van der Waals surface area contributed by atoms with E-state index < -0.39 is 11.2 Å². The Balaban J connectivity index is 2.63. The van der Waals surface area contributed by atoms with Gasteiger partial charge in [-0.2, -0.15) is 0 Å². The molecule has 18 heavy (non-hydrogen) atoms. The van der Waals surface area contributed by atoms with E-state index in [0.717, 1.165) is 0 Å². The van der Waals surface area contributed by atoms with Crippen molar-refractivity contribution in [2.24, 2.45) is 5.92 Å². The van der Waals surface area contributed by atoms with E-state index in [1.165, 1.54) is 11.8 Å². The van der Waals surface area contributed by atoms with Crippen LogP contribution >= 0.6 is 11.8 Å². The second-order valence-corrected chi connectivity index (χ2v) is 6.69. The molecule has 0 amide bonds. The Morgan fingerprint density at radius 2 is 2.00 bits per heavy atom. The number of hydrogen-bond donors (Lipinski definition) is 1. The van der Waals surface area contributed by atoms with Gasteiger partial charge < -0.3 is 9.52 Å². The molecule has 0 aliphatic rings. The molecule has 1 heterocycles. The molecule has 0 saturated carbocycles. The highest BCUT2D eigenvalue weighted by molar-refractivity contribution is 7.99. The monoisotopic (exact) mass is 272 g/mol. The fourth-order valence-corrected chi connectivity index (χ4v) is 2.29. The molecule has 1 N–H and O–H groups in total. The number of aliphatic carboxylic acids is 1. The minimum absolute atomic E-state index is 0.0671. The Bertz CT molecular complexity index is 410. The normalized spacial score (nSPS) is 13.9. The highest BCUT2D eigenvalue weighted by Gasteiger charge is 2.25. The van der Waals surface area contributed by atoms with Crippen LogP contribution in [0.25, 0.3) is 0 Å². The van der Waals surface area contributed by atoms with E-state index in [0.29, 0.717) is 17.5 Å². The largest absolute Gasteiger partial charge is 0.480 e. The summed E-state index contributed by atoms with van der Waals surface area (Å²) in [7, 11) is 0. The summed E-state index contributed by atoms with van der Waals surface area (Å²) in [4.78, 5) is 11.0. The summed E-state index contributed by atoms with van der Waals surface area (Å²) in [6, 6.07) is 0. The number of carboxylic acid groups (broad SMARTS) is 1.